The molecule has 0 atom stereocenters. The summed E-state index contributed by atoms with van der Waals surface area (Å²) in [5.41, 5.74) is 9.04. The molecule has 0 radical (unpaired) electrons. The first-order chi connectivity index (χ1) is 10.5. The van der Waals surface area contributed by atoms with Gasteiger partial charge >= 0.3 is 0 Å². The Balaban J connectivity index is 2.72. The van der Waals surface area contributed by atoms with Crippen molar-refractivity contribution in [2.24, 2.45) is 5.73 Å². The maximum Gasteiger partial charge on any atom is 0.251 e. The van der Waals surface area contributed by atoms with E-state index in [1.807, 2.05) is 18.4 Å². The number of hydrogen-bond donors (Lipinski definition) is 2. The number of nitrogens with zero attached hydrogens (tertiary/aromatic N) is 1. The molecule has 0 bridgehead atoms. The number of rotatable bonds is 6. The second kappa shape index (κ2) is 6.75. The third kappa shape index (κ3) is 2.90. The molecule has 2 rings (SSSR count). The Kier molecular flexibility index (Phi) is 4.98. The van der Waals surface area contributed by atoms with E-state index in [4.69, 9.17) is 10.8 Å². The maximum atomic E-state index is 13.6. The van der Waals surface area contributed by atoms with Crippen molar-refractivity contribution in [3.05, 3.63) is 47.0 Å². The van der Waals surface area contributed by atoms with Crippen LogP contribution in [0, 0.1) is 12.7 Å². The van der Waals surface area contributed by atoms with Gasteiger partial charge in [0.1, 0.15) is 5.82 Å². The van der Waals surface area contributed by atoms with Crippen LogP contribution >= 0.6 is 0 Å². The minimum atomic E-state index is -0.519. The molecule has 1 aromatic carbocycles. The lowest BCUT2D eigenvalue weighted by molar-refractivity contribution is 0.1000. The summed E-state index contributed by atoms with van der Waals surface area (Å²) in [6.07, 6.45) is 1.27. The van der Waals surface area contributed by atoms with Crippen molar-refractivity contribution in [2.45, 2.75) is 33.2 Å². The summed E-state index contributed by atoms with van der Waals surface area (Å²) >= 11 is 0. The van der Waals surface area contributed by atoms with E-state index in [2.05, 4.69) is 0 Å². The van der Waals surface area contributed by atoms with E-state index in [1.54, 1.807) is 12.1 Å². The molecule has 1 aromatic heterocycles. The maximum absolute atomic E-state index is 13.6. The molecule has 2 aromatic rings. The molecule has 0 spiro atoms. The SMILES string of the molecule is CCc1c(-c2cccc(F)c2)c(C(N)=O)c(C)n1CCCO. The van der Waals surface area contributed by atoms with Crippen molar-refractivity contribution in [1.82, 2.24) is 4.57 Å². The number of amides is 1. The van der Waals surface area contributed by atoms with Crippen LogP contribution < -0.4 is 5.73 Å². The van der Waals surface area contributed by atoms with E-state index >= 15 is 0 Å². The van der Waals surface area contributed by atoms with Gasteiger partial charge < -0.3 is 15.4 Å². The molecular formula is C17H21FN2O2. The number of aliphatic hydroxyl groups is 1. The minimum absolute atomic E-state index is 0.0714. The van der Waals surface area contributed by atoms with Gasteiger partial charge in [0.15, 0.2) is 0 Å². The molecule has 118 valence electrons. The molecule has 0 fully saturated rings. The van der Waals surface area contributed by atoms with Crippen molar-refractivity contribution in [2.75, 3.05) is 6.61 Å². The van der Waals surface area contributed by atoms with Crippen LogP contribution in [0.25, 0.3) is 11.1 Å². The Morgan fingerprint density at radius 2 is 2.14 bits per heavy atom. The van der Waals surface area contributed by atoms with Crippen molar-refractivity contribution in [3.63, 3.8) is 0 Å². The summed E-state index contributed by atoms with van der Waals surface area (Å²) in [7, 11) is 0. The predicted molar refractivity (Wildman–Crippen MR) is 84.2 cm³/mol. The number of aromatic nitrogens is 1. The first-order valence-electron chi connectivity index (χ1n) is 7.39. The van der Waals surface area contributed by atoms with Crippen LogP contribution in [-0.4, -0.2) is 22.2 Å². The Bertz CT molecular complexity index is 692. The number of aliphatic hydroxyl groups excluding tert-OH is 1. The quantitative estimate of drug-likeness (QED) is 0.861. The zero-order chi connectivity index (χ0) is 16.3. The van der Waals surface area contributed by atoms with Gasteiger partial charge in [0.05, 0.1) is 5.56 Å². The van der Waals surface area contributed by atoms with Crippen LogP contribution in [0.4, 0.5) is 4.39 Å². The van der Waals surface area contributed by atoms with Gasteiger partial charge in [0.2, 0.25) is 0 Å². The second-order valence-electron chi connectivity index (χ2n) is 5.24. The molecular weight excluding hydrogens is 283 g/mol. The van der Waals surface area contributed by atoms with E-state index in [0.717, 1.165) is 11.4 Å². The summed E-state index contributed by atoms with van der Waals surface area (Å²) in [6.45, 7) is 4.49. The number of hydrogen-bond acceptors (Lipinski definition) is 2. The summed E-state index contributed by atoms with van der Waals surface area (Å²) < 4.78 is 15.6. The number of benzene rings is 1. The molecule has 4 nitrogen and oxygen atoms in total. The molecule has 0 saturated heterocycles. The van der Waals surface area contributed by atoms with Crippen molar-refractivity contribution in [3.8, 4) is 11.1 Å². The topological polar surface area (TPSA) is 68.2 Å². The van der Waals surface area contributed by atoms with E-state index in [1.165, 1.54) is 12.1 Å². The molecule has 0 unspecified atom stereocenters. The second-order valence-corrected chi connectivity index (χ2v) is 5.24. The molecule has 0 saturated carbocycles. The lowest BCUT2D eigenvalue weighted by Crippen LogP contribution is -2.13. The fraction of sp³-hybridized carbons (Fsp3) is 0.353. The van der Waals surface area contributed by atoms with Crippen LogP contribution in [0.3, 0.4) is 0 Å². The normalized spacial score (nSPS) is 10.9. The van der Waals surface area contributed by atoms with Gasteiger partial charge in [-0.3, -0.25) is 4.79 Å². The summed E-state index contributed by atoms with van der Waals surface area (Å²) in [5, 5.41) is 9.07. The molecule has 1 amide bonds. The smallest absolute Gasteiger partial charge is 0.251 e. The fourth-order valence-corrected chi connectivity index (χ4v) is 2.95. The molecule has 5 heteroatoms. The zero-order valence-electron chi connectivity index (χ0n) is 12.9. The molecule has 3 N–H and O–H groups in total. The van der Waals surface area contributed by atoms with Crippen molar-refractivity contribution in [1.29, 1.82) is 0 Å². The molecule has 1 heterocycles. The van der Waals surface area contributed by atoms with Crippen molar-refractivity contribution >= 4 is 5.91 Å². The standard InChI is InChI=1S/C17H21FN2O2/c1-3-14-16(12-6-4-7-13(18)10-12)15(17(19)22)11(2)20(14)8-5-9-21/h4,6-7,10,21H,3,5,8-9H2,1-2H3,(H2,19,22). The van der Waals surface area contributed by atoms with Crippen LogP contribution in [0.2, 0.25) is 0 Å². The zero-order valence-corrected chi connectivity index (χ0v) is 12.9. The number of halogens is 1. The summed E-state index contributed by atoms with van der Waals surface area (Å²) in [5.74, 6) is -0.870. The van der Waals surface area contributed by atoms with E-state index in [-0.39, 0.29) is 12.4 Å². The highest BCUT2D eigenvalue weighted by Gasteiger charge is 2.23. The minimum Gasteiger partial charge on any atom is -0.396 e. The highest BCUT2D eigenvalue weighted by molar-refractivity contribution is 6.02. The first kappa shape index (κ1) is 16.2. The lowest BCUT2D eigenvalue weighted by Gasteiger charge is -2.11. The third-order valence-corrected chi connectivity index (χ3v) is 3.87. The molecule has 22 heavy (non-hydrogen) atoms. The Morgan fingerprint density at radius 3 is 2.68 bits per heavy atom. The predicted octanol–water partition coefficient (Wildman–Crippen LogP) is 2.65. The van der Waals surface area contributed by atoms with Gasteiger partial charge in [-0.15, -0.1) is 0 Å². The average Bonchev–Trinajstić information content (AvgIpc) is 2.77. The fourth-order valence-electron chi connectivity index (χ4n) is 2.95. The first-order valence-corrected chi connectivity index (χ1v) is 7.39. The summed E-state index contributed by atoms with van der Waals surface area (Å²) in [6, 6.07) is 6.18. The lowest BCUT2D eigenvalue weighted by atomic mass is 9.99. The van der Waals surface area contributed by atoms with Gasteiger partial charge in [0.25, 0.3) is 5.91 Å². The van der Waals surface area contributed by atoms with Gasteiger partial charge in [0, 0.05) is 30.1 Å². The average molecular weight is 304 g/mol. The highest BCUT2D eigenvalue weighted by Crippen LogP contribution is 2.33. The van der Waals surface area contributed by atoms with E-state index in [0.29, 0.717) is 36.1 Å². The Labute approximate surface area is 129 Å². The van der Waals surface area contributed by atoms with Crippen molar-refractivity contribution < 1.29 is 14.3 Å². The van der Waals surface area contributed by atoms with Crippen LogP contribution in [0.15, 0.2) is 24.3 Å². The molecule has 0 aliphatic heterocycles. The van der Waals surface area contributed by atoms with Gasteiger partial charge in [-0.25, -0.2) is 4.39 Å². The van der Waals surface area contributed by atoms with Gasteiger partial charge in [-0.1, -0.05) is 19.1 Å². The summed E-state index contributed by atoms with van der Waals surface area (Å²) in [4.78, 5) is 11.9. The van der Waals surface area contributed by atoms with Crippen LogP contribution in [-0.2, 0) is 13.0 Å². The number of carbonyl (C=O) groups excluding carboxylic acids is 1. The number of carbonyl (C=O) groups is 1. The number of nitrogens with two attached hydrogens (primary N) is 1. The Morgan fingerprint density at radius 1 is 1.41 bits per heavy atom. The van der Waals surface area contributed by atoms with Crippen LogP contribution in [0.1, 0.15) is 35.1 Å². The Hall–Kier alpha value is -2.14. The largest absolute Gasteiger partial charge is 0.396 e. The number of primary amides is 1. The molecule has 0 aliphatic rings. The van der Waals surface area contributed by atoms with Gasteiger partial charge in [-0.05, 0) is 37.5 Å². The van der Waals surface area contributed by atoms with Gasteiger partial charge in [-0.2, -0.15) is 0 Å². The van der Waals surface area contributed by atoms with E-state index < -0.39 is 5.91 Å². The third-order valence-electron chi connectivity index (χ3n) is 3.87. The highest BCUT2D eigenvalue weighted by atomic mass is 19.1. The van der Waals surface area contributed by atoms with E-state index in [9.17, 15) is 9.18 Å². The molecule has 0 aliphatic carbocycles. The monoisotopic (exact) mass is 304 g/mol. The van der Waals surface area contributed by atoms with Crippen LogP contribution in [0.5, 0.6) is 0 Å².